The number of anilines is 1. The van der Waals surface area contributed by atoms with Gasteiger partial charge in [0.1, 0.15) is 0 Å². The molecule has 134 valence electrons. The molecule has 2 aromatic carbocycles. The quantitative estimate of drug-likeness (QED) is 0.654. The van der Waals surface area contributed by atoms with Crippen LogP contribution in [0.15, 0.2) is 67.0 Å². The Labute approximate surface area is 154 Å². The van der Waals surface area contributed by atoms with Crippen molar-refractivity contribution in [3.8, 4) is 5.69 Å². The molecule has 5 nitrogen and oxygen atoms in total. The molecular weight excluding hydrogens is 324 g/mol. The SMILES string of the molecule is CCNCc1ccccc1NC(=O)CCc1cnn(-c2ccccc2)c1. The van der Waals surface area contributed by atoms with Crippen LogP contribution in [0.4, 0.5) is 5.69 Å². The van der Waals surface area contributed by atoms with E-state index in [1.807, 2.05) is 71.7 Å². The van der Waals surface area contributed by atoms with Crippen LogP contribution in [0.1, 0.15) is 24.5 Å². The van der Waals surface area contributed by atoms with Crippen LogP contribution in [0, 0.1) is 0 Å². The largest absolute Gasteiger partial charge is 0.326 e. The molecule has 2 N–H and O–H groups in total. The second-order valence-electron chi connectivity index (χ2n) is 6.11. The van der Waals surface area contributed by atoms with E-state index in [0.717, 1.165) is 35.6 Å². The predicted octanol–water partition coefficient (Wildman–Crippen LogP) is 3.55. The summed E-state index contributed by atoms with van der Waals surface area (Å²) in [6, 6.07) is 17.8. The summed E-state index contributed by atoms with van der Waals surface area (Å²) in [5, 5.41) is 10.7. The first-order valence-corrected chi connectivity index (χ1v) is 8.93. The summed E-state index contributed by atoms with van der Waals surface area (Å²) in [5.41, 5.74) is 4.03. The fourth-order valence-corrected chi connectivity index (χ4v) is 2.74. The summed E-state index contributed by atoms with van der Waals surface area (Å²) in [6.45, 7) is 3.71. The van der Waals surface area contributed by atoms with Crippen molar-refractivity contribution >= 4 is 11.6 Å². The van der Waals surface area contributed by atoms with Gasteiger partial charge in [-0.3, -0.25) is 4.79 Å². The lowest BCUT2D eigenvalue weighted by atomic mass is 10.1. The number of nitrogens with zero attached hydrogens (tertiary/aromatic N) is 2. The average Bonchev–Trinajstić information content (AvgIpc) is 3.15. The van der Waals surface area contributed by atoms with E-state index < -0.39 is 0 Å². The highest BCUT2D eigenvalue weighted by atomic mass is 16.1. The van der Waals surface area contributed by atoms with Crippen molar-refractivity contribution in [2.24, 2.45) is 0 Å². The van der Waals surface area contributed by atoms with Crippen LogP contribution in [0.3, 0.4) is 0 Å². The molecule has 0 spiro atoms. The van der Waals surface area contributed by atoms with Crippen molar-refractivity contribution in [2.75, 3.05) is 11.9 Å². The molecule has 5 heteroatoms. The van der Waals surface area contributed by atoms with Gasteiger partial charge in [0, 0.05) is 24.8 Å². The second-order valence-corrected chi connectivity index (χ2v) is 6.11. The van der Waals surface area contributed by atoms with Gasteiger partial charge in [-0.1, -0.05) is 43.3 Å². The van der Waals surface area contributed by atoms with E-state index in [4.69, 9.17) is 0 Å². The molecular formula is C21H24N4O. The predicted molar refractivity (Wildman–Crippen MR) is 104 cm³/mol. The molecule has 0 atom stereocenters. The van der Waals surface area contributed by atoms with Gasteiger partial charge in [-0.05, 0) is 42.3 Å². The molecule has 0 aliphatic rings. The van der Waals surface area contributed by atoms with Crippen LogP contribution in [0.25, 0.3) is 5.69 Å². The van der Waals surface area contributed by atoms with Crippen LogP contribution in [-0.4, -0.2) is 22.2 Å². The van der Waals surface area contributed by atoms with Gasteiger partial charge in [0.15, 0.2) is 0 Å². The van der Waals surface area contributed by atoms with Gasteiger partial charge in [-0.25, -0.2) is 4.68 Å². The average molecular weight is 348 g/mol. The van der Waals surface area contributed by atoms with E-state index in [1.165, 1.54) is 0 Å². The number of carbonyl (C=O) groups excluding carboxylic acids is 1. The van der Waals surface area contributed by atoms with Gasteiger partial charge in [0.2, 0.25) is 5.91 Å². The molecule has 3 aromatic rings. The normalized spacial score (nSPS) is 10.7. The molecule has 0 unspecified atom stereocenters. The van der Waals surface area contributed by atoms with Crippen molar-refractivity contribution in [1.82, 2.24) is 15.1 Å². The maximum absolute atomic E-state index is 12.3. The summed E-state index contributed by atoms with van der Waals surface area (Å²) in [4.78, 5) is 12.3. The Kier molecular flexibility index (Phi) is 6.17. The van der Waals surface area contributed by atoms with Crippen molar-refractivity contribution in [3.05, 3.63) is 78.1 Å². The maximum Gasteiger partial charge on any atom is 0.224 e. The van der Waals surface area contributed by atoms with Gasteiger partial charge < -0.3 is 10.6 Å². The van der Waals surface area contributed by atoms with Crippen molar-refractivity contribution in [3.63, 3.8) is 0 Å². The standard InChI is InChI=1S/C21H24N4O/c1-2-22-15-18-8-6-7-11-20(18)24-21(26)13-12-17-14-23-25(16-17)19-9-4-3-5-10-19/h3-11,14,16,22H,2,12-13,15H2,1H3,(H,24,26). The number of aromatic nitrogens is 2. The molecule has 3 rings (SSSR count). The minimum atomic E-state index is 0.0152. The highest BCUT2D eigenvalue weighted by Gasteiger charge is 2.08. The third kappa shape index (κ3) is 4.80. The molecule has 0 radical (unpaired) electrons. The lowest BCUT2D eigenvalue weighted by Gasteiger charge is -2.11. The fraction of sp³-hybridized carbons (Fsp3) is 0.238. The van der Waals surface area contributed by atoms with E-state index in [2.05, 4.69) is 22.7 Å². The highest BCUT2D eigenvalue weighted by Crippen LogP contribution is 2.16. The lowest BCUT2D eigenvalue weighted by Crippen LogP contribution is -2.17. The minimum absolute atomic E-state index is 0.0152. The van der Waals surface area contributed by atoms with E-state index in [9.17, 15) is 4.79 Å². The molecule has 26 heavy (non-hydrogen) atoms. The van der Waals surface area contributed by atoms with Crippen LogP contribution < -0.4 is 10.6 Å². The molecule has 0 aliphatic carbocycles. The van der Waals surface area contributed by atoms with Gasteiger partial charge in [-0.2, -0.15) is 5.10 Å². The molecule has 1 aromatic heterocycles. The molecule has 0 fully saturated rings. The van der Waals surface area contributed by atoms with Crippen molar-refractivity contribution in [1.29, 1.82) is 0 Å². The van der Waals surface area contributed by atoms with Crippen LogP contribution in [0.2, 0.25) is 0 Å². The smallest absolute Gasteiger partial charge is 0.224 e. The van der Waals surface area contributed by atoms with Crippen LogP contribution in [0.5, 0.6) is 0 Å². The third-order valence-corrected chi connectivity index (χ3v) is 4.15. The number of para-hydroxylation sites is 2. The molecule has 1 amide bonds. The number of hydrogen-bond donors (Lipinski definition) is 2. The van der Waals surface area contributed by atoms with Crippen molar-refractivity contribution in [2.45, 2.75) is 26.3 Å². The number of nitrogens with one attached hydrogen (secondary N) is 2. The topological polar surface area (TPSA) is 58.9 Å². The van der Waals surface area contributed by atoms with E-state index in [-0.39, 0.29) is 5.91 Å². The zero-order valence-corrected chi connectivity index (χ0v) is 15.0. The Hall–Kier alpha value is -2.92. The van der Waals surface area contributed by atoms with E-state index in [1.54, 1.807) is 0 Å². The summed E-state index contributed by atoms with van der Waals surface area (Å²) in [7, 11) is 0. The number of aryl methyl sites for hydroxylation is 1. The highest BCUT2D eigenvalue weighted by molar-refractivity contribution is 5.91. The molecule has 1 heterocycles. The Bertz CT molecular complexity index is 842. The zero-order chi connectivity index (χ0) is 18.2. The monoisotopic (exact) mass is 348 g/mol. The van der Waals surface area contributed by atoms with E-state index >= 15 is 0 Å². The molecule has 0 saturated carbocycles. The van der Waals surface area contributed by atoms with Crippen molar-refractivity contribution < 1.29 is 4.79 Å². The maximum atomic E-state index is 12.3. The number of amides is 1. The number of hydrogen-bond acceptors (Lipinski definition) is 3. The van der Waals surface area contributed by atoms with Gasteiger partial charge in [-0.15, -0.1) is 0 Å². The zero-order valence-electron chi connectivity index (χ0n) is 15.0. The van der Waals surface area contributed by atoms with Gasteiger partial charge in [0.05, 0.1) is 11.9 Å². The molecule has 0 bridgehead atoms. The third-order valence-electron chi connectivity index (χ3n) is 4.15. The Morgan fingerprint density at radius 2 is 1.85 bits per heavy atom. The first-order valence-electron chi connectivity index (χ1n) is 8.93. The Balaban J connectivity index is 1.56. The number of rotatable bonds is 8. The molecule has 0 aliphatic heterocycles. The Morgan fingerprint density at radius 1 is 1.08 bits per heavy atom. The first-order chi connectivity index (χ1) is 12.8. The second kappa shape index (κ2) is 8.97. The summed E-state index contributed by atoms with van der Waals surface area (Å²) < 4.78 is 1.83. The number of carbonyl (C=O) groups is 1. The summed E-state index contributed by atoms with van der Waals surface area (Å²) in [6.07, 6.45) is 4.88. The van der Waals surface area contributed by atoms with Gasteiger partial charge >= 0.3 is 0 Å². The van der Waals surface area contributed by atoms with E-state index in [0.29, 0.717) is 12.8 Å². The minimum Gasteiger partial charge on any atom is -0.326 e. The number of benzene rings is 2. The van der Waals surface area contributed by atoms with Crippen LogP contribution in [-0.2, 0) is 17.8 Å². The first kappa shape index (κ1) is 17.9. The summed E-state index contributed by atoms with van der Waals surface area (Å²) in [5.74, 6) is 0.0152. The Morgan fingerprint density at radius 3 is 2.65 bits per heavy atom. The fourth-order valence-electron chi connectivity index (χ4n) is 2.74. The van der Waals surface area contributed by atoms with Gasteiger partial charge in [0.25, 0.3) is 0 Å². The lowest BCUT2D eigenvalue weighted by molar-refractivity contribution is -0.116. The summed E-state index contributed by atoms with van der Waals surface area (Å²) >= 11 is 0. The van der Waals surface area contributed by atoms with Crippen LogP contribution >= 0.6 is 0 Å². The molecule has 0 saturated heterocycles.